The molecule has 1 amide bonds. The molecule has 0 radical (unpaired) electrons. The van der Waals surface area contributed by atoms with Gasteiger partial charge in [-0.1, -0.05) is 6.07 Å². The lowest BCUT2D eigenvalue weighted by molar-refractivity contribution is -0.146. The van der Waals surface area contributed by atoms with Crippen molar-refractivity contribution in [1.29, 1.82) is 0 Å². The summed E-state index contributed by atoms with van der Waals surface area (Å²) >= 11 is 0. The van der Waals surface area contributed by atoms with Crippen molar-refractivity contribution in [3.05, 3.63) is 29.3 Å². The number of amides is 1. The van der Waals surface area contributed by atoms with Crippen molar-refractivity contribution < 1.29 is 23.1 Å². The van der Waals surface area contributed by atoms with Crippen LogP contribution in [0.2, 0.25) is 0 Å². The van der Waals surface area contributed by atoms with Crippen molar-refractivity contribution in [3.8, 4) is 0 Å². The standard InChI is InChI=1S/C12H14F2N2O3/c1-3-19-12(18)9(15)11(17)16-10-7(13)5-4-6(2)8(10)14/h4-5,9H,3,15H2,1-2H3,(H,16,17). The fraction of sp³-hybridized carbons (Fsp3) is 0.333. The molecule has 0 fully saturated rings. The molecule has 0 spiro atoms. The minimum atomic E-state index is -1.64. The highest BCUT2D eigenvalue weighted by atomic mass is 19.1. The third-order valence-electron chi connectivity index (χ3n) is 2.36. The molecule has 0 bridgehead atoms. The smallest absolute Gasteiger partial charge is 0.332 e. The SMILES string of the molecule is CCOC(=O)C(N)C(=O)Nc1c(F)ccc(C)c1F. The zero-order chi connectivity index (χ0) is 14.6. The normalized spacial score (nSPS) is 11.8. The summed E-state index contributed by atoms with van der Waals surface area (Å²) in [5, 5.41) is 1.94. The molecule has 3 N–H and O–H groups in total. The number of esters is 1. The van der Waals surface area contributed by atoms with Gasteiger partial charge in [-0.15, -0.1) is 0 Å². The van der Waals surface area contributed by atoms with Crippen LogP contribution in [0.1, 0.15) is 12.5 Å². The lowest BCUT2D eigenvalue weighted by atomic mass is 10.2. The van der Waals surface area contributed by atoms with Crippen molar-refractivity contribution in [3.63, 3.8) is 0 Å². The summed E-state index contributed by atoms with van der Waals surface area (Å²) in [6.45, 7) is 3.01. The second-order valence-electron chi connectivity index (χ2n) is 3.77. The molecule has 104 valence electrons. The van der Waals surface area contributed by atoms with Crippen LogP contribution >= 0.6 is 0 Å². The molecule has 1 aromatic carbocycles. The van der Waals surface area contributed by atoms with Gasteiger partial charge < -0.3 is 15.8 Å². The van der Waals surface area contributed by atoms with Crippen molar-refractivity contribution in [2.45, 2.75) is 19.9 Å². The van der Waals surface area contributed by atoms with E-state index in [2.05, 4.69) is 4.74 Å². The van der Waals surface area contributed by atoms with Gasteiger partial charge in [0.1, 0.15) is 11.5 Å². The lowest BCUT2D eigenvalue weighted by Gasteiger charge is -2.13. The van der Waals surface area contributed by atoms with E-state index in [9.17, 15) is 18.4 Å². The molecule has 0 aliphatic rings. The molecule has 1 unspecified atom stereocenters. The van der Waals surface area contributed by atoms with Gasteiger partial charge in [0.25, 0.3) is 5.91 Å². The Kier molecular flexibility index (Phi) is 4.94. The van der Waals surface area contributed by atoms with E-state index >= 15 is 0 Å². The minimum absolute atomic E-state index is 0.0486. The van der Waals surface area contributed by atoms with E-state index in [1.807, 2.05) is 5.32 Å². The molecule has 7 heteroatoms. The minimum Gasteiger partial charge on any atom is -0.464 e. The van der Waals surface area contributed by atoms with Crippen molar-refractivity contribution >= 4 is 17.6 Å². The number of carbonyl (C=O) groups is 2. The van der Waals surface area contributed by atoms with Gasteiger partial charge in [0.15, 0.2) is 11.9 Å². The first-order valence-electron chi connectivity index (χ1n) is 5.56. The zero-order valence-electron chi connectivity index (χ0n) is 10.5. The number of nitrogens with one attached hydrogen (secondary N) is 1. The average Bonchev–Trinajstić information content (AvgIpc) is 2.38. The van der Waals surface area contributed by atoms with E-state index in [4.69, 9.17) is 5.73 Å². The van der Waals surface area contributed by atoms with Crippen molar-refractivity contribution in [1.82, 2.24) is 0 Å². The third kappa shape index (κ3) is 3.47. The number of nitrogens with two attached hydrogens (primary N) is 1. The quantitative estimate of drug-likeness (QED) is 0.635. The van der Waals surface area contributed by atoms with Crippen LogP contribution in [0.4, 0.5) is 14.5 Å². The van der Waals surface area contributed by atoms with Gasteiger partial charge in [-0.25, -0.2) is 13.6 Å². The first-order chi connectivity index (χ1) is 8.88. The number of anilines is 1. The summed E-state index contributed by atoms with van der Waals surface area (Å²) in [7, 11) is 0. The number of aryl methyl sites for hydroxylation is 1. The summed E-state index contributed by atoms with van der Waals surface area (Å²) < 4.78 is 31.5. The van der Waals surface area contributed by atoms with Gasteiger partial charge in [0.2, 0.25) is 0 Å². The summed E-state index contributed by atoms with van der Waals surface area (Å²) in [5.41, 5.74) is 4.82. The van der Waals surface area contributed by atoms with Crippen LogP contribution in [-0.4, -0.2) is 24.5 Å². The second-order valence-corrected chi connectivity index (χ2v) is 3.77. The molecular formula is C12H14F2N2O3. The Hall–Kier alpha value is -2.02. The van der Waals surface area contributed by atoms with Crippen LogP contribution in [0, 0.1) is 18.6 Å². The fourth-order valence-electron chi connectivity index (χ4n) is 1.31. The monoisotopic (exact) mass is 272 g/mol. The van der Waals surface area contributed by atoms with E-state index < -0.39 is 35.2 Å². The Balaban J connectivity index is 2.88. The number of benzene rings is 1. The summed E-state index contributed by atoms with van der Waals surface area (Å²) in [4.78, 5) is 22.8. The number of rotatable bonds is 4. The van der Waals surface area contributed by atoms with E-state index in [1.165, 1.54) is 13.0 Å². The fourth-order valence-corrected chi connectivity index (χ4v) is 1.31. The molecular weight excluding hydrogens is 258 g/mol. The Morgan fingerprint density at radius 2 is 2.05 bits per heavy atom. The Labute approximate surface area is 108 Å². The van der Waals surface area contributed by atoms with Crippen LogP contribution in [-0.2, 0) is 14.3 Å². The predicted octanol–water partition coefficient (Wildman–Crippen LogP) is 1.10. The molecule has 0 aliphatic heterocycles. The van der Waals surface area contributed by atoms with Gasteiger partial charge in [-0.05, 0) is 25.5 Å². The number of hydrogen-bond acceptors (Lipinski definition) is 4. The average molecular weight is 272 g/mol. The number of hydrogen-bond donors (Lipinski definition) is 2. The summed E-state index contributed by atoms with van der Waals surface area (Å²) in [6, 6.07) is 0.592. The lowest BCUT2D eigenvalue weighted by Crippen LogP contribution is -2.43. The van der Waals surface area contributed by atoms with Gasteiger partial charge in [-0.3, -0.25) is 4.79 Å². The van der Waals surface area contributed by atoms with Gasteiger partial charge in [-0.2, -0.15) is 0 Å². The van der Waals surface area contributed by atoms with Gasteiger partial charge >= 0.3 is 5.97 Å². The van der Waals surface area contributed by atoms with Crippen LogP contribution in [0.3, 0.4) is 0 Å². The van der Waals surface area contributed by atoms with E-state index in [1.54, 1.807) is 6.92 Å². The predicted molar refractivity (Wildman–Crippen MR) is 64.3 cm³/mol. The highest BCUT2D eigenvalue weighted by Crippen LogP contribution is 2.21. The molecule has 0 aromatic heterocycles. The Morgan fingerprint density at radius 1 is 1.42 bits per heavy atom. The van der Waals surface area contributed by atoms with Crippen molar-refractivity contribution in [2.24, 2.45) is 5.73 Å². The van der Waals surface area contributed by atoms with Crippen LogP contribution < -0.4 is 11.1 Å². The molecule has 0 heterocycles. The van der Waals surface area contributed by atoms with Crippen molar-refractivity contribution in [2.75, 3.05) is 11.9 Å². The molecule has 0 saturated heterocycles. The second kappa shape index (κ2) is 6.24. The van der Waals surface area contributed by atoms with Crippen LogP contribution in [0.5, 0.6) is 0 Å². The molecule has 5 nitrogen and oxygen atoms in total. The van der Waals surface area contributed by atoms with Gasteiger partial charge in [0, 0.05) is 0 Å². The number of ether oxygens (including phenoxy) is 1. The first kappa shape index (κ1) is 15.0. The summed E-state index contributed by atoms with van der Waals surface area (Å²) in [6.07, 6.45) is 0. The number of carbonyl (C=O) groups excluding carboxylic acids is 2. The molecule has 19 heavy (non-hydrogen) atoms. The molecule has 1 atom stereocenters. The van der Waals surface area contributed by atoms with Crippen LogP contribution in [0.15, 0.2) is 12.1 Å². The summed E-state index contributed by atoms with van der Waals surface area (Å²) in [5.74, 6) is -3.87. The number of halogens is 2. The van der Waals surface area contributed by atoms with Crippen LogP contribution in [0.25, 0.3) is 0 Å². The topological polar surface area (TPSA) is 81.4 Å². The Morgan fingerprint density at radius 3 is 2.63 bits per heavy atom. The maximum Gasteiger partial charge on any atom is 0.332 e. The zero-order valence-corrected chi connectivity index (χ0v) is 10.5. The first-order valence-corrected chi connectivity index (χ1v) is 5.56. The maximum absolute atomic E-state index is 13.6. The molecule has 0 aliphatic carbocycles. The molecule has 0 saturated carbocycles. The van der Waals surface area contributed by atoms with E-state index in [0.29, 0.717) is 0 Å². The molecule has 1 aromatic rings. The highest BCUT2D eigenvalue weighted by Gasteiger charge is 2.25. The third-order valence-corrected chi connectivity index (χ3v) is 2.36. The van der Waals surface area contributed by atoms with E-state index in [0.717, 1.165) is 6.07 Å². The van der Waals surface area contributed by atoms with Gasteiger partial charge in [0.05, 0.1) is 6.61 Å². The maximum atomic E-state index is 13.6. The largest absolute Gasteiger partial charge is 0.464 e. The highest BCUT2D eigenvalue weighted by molar-refractivity contribution is 6.08. The Bertz CT molecular complexity index is 506. The van der Waals surface area contributed by atoms with E-state index in [-0.39, 0.29) is 12.2 Å². The molecule has 1 rings (SSSR count).